The Labute approximate surface area is 96.3 Å². The standard InChI is InChI=1S/C14H18N2/c1-10-5-6-12-11-4-3-7-15-9-14(11)16(2)13(12)8-10/h5-6,8,15H,3-4,7,9H2,1-2H3. The van der Waals surface area contributed by atoms with Crippen molar-refractivity contribution in [1.82, 2.24) is 9.88 Å². The van der Waals surface area contributed by atoms with E-state index in [0.29, 0.717) is 0 Å². The van der Waals surface area contributed by atoms with E-state index in [1.807, 2.05) is 0 Å². The van der Waals surface area contributed by atoms with Crippen molar-refractivity contribution >= 4 is 10.9 Å². The third-order valence-corrected chi connectivity index (χ3v) is 3.67. The summed E-state index contributed by atoms with van der Waals surface area (Å²) in [5, 5.41) is 4.95. The molecule has 0 unspecified atom stereocenters. The normalized spacial score (nSPS) is 16.1. The third-order valence-electron chi connectivity index (χ3n) is 3.67. The Morgan fingerprint density at radius 3 is 3.06 bits per heavy atom. The van der Waals surface area contributed by atoms with Crippen molar-refractivity contribution in [3.63, 3.8) is 0 Å². The molecule has 1 aliphatic rings. The Hall–Kier alpha value is -1.28. The maximum Gasteiger partial charge on any atom is 0.0485 e. The SMILES string of the molecule is Cc1ccc2c3c(n(C)c2c1)CNCCC3. The molecule has 2 aromatic rings. The van der Waals surface area contributed by atoms with Gasteiger partial charge in [-0.2, -0.15) is 0 Å². The summed E-state index contributed by atoms with van der Waals surface area (Å²) in [5.41, 5.74) is 5.76. The number of nitrogens with one attached hydrogen (secondary N) is 1. The van der Waals surface area contributed by atoms with Crippen LogP contribution in [0.25, 0.3) is 10.9 Å². The van der Waals surface area contributed by atoms with Crippen LogP contribution in [0.2, 0.25) is 0 Å². The highest BCUT2D eigenvalue weighted by molar-refractivity contribution is 5.86. The highest BCUT2D eigenvalue weighted by atomic mass is 15.0. The van der Waals surface area contributed by atoms with Gasteiger partial charge in [-0.05, 0) is 43.5 Å². The molecule has 1 aromatic heterocycles. The topological polar surface area (TPSA) is 17.0 Å². The first-order valence-electron chi connectivity index (χ1n) is 6.05. The highest BCUT2D eigenvalue weighted by Gasteiger charge is 2.16. The minimum absolute atomic E-state index is 1.01. The van der Waals surface area contributed by atoms with Crippen molar-refractivity contribution in [2.24, 2.45) is 7.05 Å². The quantitative estimate of drug-likeness (QED) is 0.713. The van der Waals surface area contributed by atoms with Crippen molar-refractivity contribution in [1.29, 1.82) is 0 Å². The van der Waals surface area contributed by atoms with Gasteiger partial charge in [0.25, 0.3) is 0 Å². The first kappa shape index (κ1) is 9.91. The molecule has 0 atom stereocenters. The smallest absolute Gasteiger partial charge is 0.0485 e. The second-order valence-electron chi connectivity index (χ2n) is 4.79. The summed E-state index contributed by atoms with van der Waals surface area (Å²) in [6.07, 6.45) is 2.46. The number of hydrogen-bond acceptors (Lipinski definition) is 1. The fourth-order valence-electron chi connectivity index (χ4n) is 2.78. The van der Waals surface area contributed by atoms with Gasteiger partial charge in [-0.15, -0.1) is 0 Å². The first-order valence-corrected chi connectivity index (χ1v) is 6.05. The van der Waals surface area contributed by atoms with Crippen LogP contribution in [0.4, 0.5) is 0 Å². The minimum Gasteiger partial charge on any atom is -0.346 e. The van der Waals surface area contributed by atoms with Gasteiger partial charge in [0.15, 0.2) is 0 Å². The molecule has 0 amide bonds. The molecule has 0 saturated heterocycles. The van der Waals surface area contributed by atoms with Crippen LogP contribution in [-0.2, 0) is 20.0 Å². The highest BCUT2D eigenvalue weighted by Crippen LogP contribution is 2.28. The molecule has 0 aliphatic carbocycles. The molecule has 2 heteroatoms. The maximum absolute atomic E-state index is 3.50. The van der Waals surface area contributed by atoms with Crippen LogP contribution in [-0.4, -0.2) is 11.1 Å². The predicted octanol–water partition coefficient (Wildman–Crippen LogP) is 2.52. The van der Waals surface area contributed by atoms with Crippen LogP contribution < -0.4 is 5.32 Å². The van der Waals surface area contributed by atoms with E-state index in [-0.39, 0.29) is 0 Å². The van der Waals surface area contributed by atoms with E-state index in [1.54, 1.807) is 5.56 Å². The maximum atomic E-state index is 3.50. The zero-order valence-corrected chi connectivity index (χ0v) is 10.0. The number of fused-ring (bicyclic) bond motifs is 3. The van der Waals surface area contributed by atoms with Crippen molar-refractivity contribution in [3.05, 3.63) is 35.0 Å². The molecule has 0 spiro atoms. The summed E-state index contributed by atoms with van der Waals surface area (Å²) >= 11 is 0. The number of benzene rings is 1. The van der Waals surface area contributed by atoms with Crippen molar-refractivity contribution in [2.75, 3.05) is 6.54 Å². The van der Waals surface area contributed by atoms with E-state index in [2.05, 4.69) is 42.1 Å². The molecule has 0 saturated carbocycles. The lowest BCUT2D eigenvalue weighted by Gasteiger charge is -2.04. The fraction of sp³-hybridized carbons (Fsp3) is 0.429. The Balaban J connectivity index is 2.31. The molecule has 2 nitrogen and oxygen atoms in total. The molecule has 0 bridgehead atoms. The summed E-state index contributed by atoms with van der Waals surface area (Å²) in [4.78, 5) is 0. The van der Waals surface area contributed by atoms with Gasteiger partial charge >= 0.3 is 0 Å². The summed E-state index contributed by atoms with van der Waals surface area (Å²) in [6, 6.07) is 6.81. The lowest BCUT2D eigenvalue weighted by atomic mass is 10.1. The summed E-state index contributed by atoms with van der Waals surface area (Å²) in [5.74, 6) is 0. The number of aromatic nitrogens is 1. The van der Waals surface area contributed by atoms with Gasteiger partial charge in [-0.3, -0.25) is 0 Å². The molecule has 0 fully saturated rings. The van der Waals surface area contributed by atoms with E-state index in [1.165, 1.54) is 35.0 Å². The zero-order valence-electron chi connectivity index (χ0n) is 10.0. The molecule has 0 radical (unpaired) electrons. The Kier molecular flexibility index (Phi) is 2.25. The lowest BCUT2D eigenvalue weighted by molar-refractivity contribution is 0.661. The molecule has 1 aromatic carbocycles. The van der Waals surface area contributed by atoms with Crippen LogP contribution in [0, 0.1) is 6.92 Å². The van der Waals surface area contributed by atoms with Gasteiger partial charge in [-0.1, -0.05) is 12.1 Å². The van der Waals surface area contributed by atoms with Gasteiger partial charge in [0.05, 0.1) is 0 Å². The van der Waals surface area contributed by atoms with Gasteiger partial charge in [0.2, 0.25) is 0 Å². The van der Waals surface area contributed by atoms with Crippen LogP contribution in [0.3, 0.4) is 0 Å². The van der Waals surface area contributed by atoms with Crippen molar-refractivity contribution in [3.8, 4) is 0 Å². The summed E-state index contributed by atoms with van der Waals surface area (Å²) in [6.45, 7) is 4.32. The summed E-state index contributed by atoms with van der Waals surface area (Å²) in [7, 11) is 2.19. The largest absolute Gasteiger partial charge is 0.346 e. The van der Waals surface area contributed by atoms with Gasteiger partial charge in [-0.25, -0.2) is 0 Å². The second-order valence-corrected chi connectivity index (χ2v) is 4.79. The van der Waals surface area contributed by atoms with Crippen LogP contribution in [0.1, 0.15) is 23.2 Å². The van der Waals surface area contributed by atoms with Crippen molar-refractivity contribution in [2.45, 2.75) is 26.3 Å². The van der Waals surface area contributed by atoms with Crippen molar-refractivity contribution < 1.29 is 0 Å². The lowest BCUT2D eigenvalue weighted by Crippen LogP contribution is -2.14. The Morgan fingerprint density at radius 1 is 1.31 bits per heavy atom. The molecule has 84 valence electrons. The monoisotopic (exact) mass is 214 g/mol. The van der Waals surface area contributed by atoms with E-state index < -0.39 is 0 Å². The molecule has 1 N–H and O–H groups in total. The van der Waals surface area contributed by atoms with E-state index in [0.717, 1.165) is 13.1 Å². The van der Waals surface area contributed by atoms with Gasteiger partial charge in [0.1, 0.15) is 0 Å². The number of rotatable bonds is 0. The van der Waals surface area contributed by atoms with E-state index in [9.17, 15) is 0 Å². The fourth-order valence-corrected chi connectivity index (χ4v) is 2.78. The second kappa shape index (κ2) is 3.63. The molecular weight excluding hydrogens is 196 g/mol. The third kappa shape index (κ3) is 1.37. The summed E-state index contributed by atoms with van der Waals surface area (Å²) < 4.78 is 2.36. The molecule has 3 rings (SSSR count). The van der Waals surface area contributed by atoms with Crippen LogP contribution >= 0.6 is 0 Å². The Bertz CT molecular complexity index is 537. The number of aryl methyl sites for hydroxylation is 3. The number of hydrogen-bond donors (Lipinski definition) is 1. The van der Waals surface area contributed by atoms with Gasteiger partial charge < -0.3 is 9.88 Å². The minimum atomic E-state index is 1.01. The van der Waals surface area contributed by atoms with E-state index >= 15 is 0 Å². The average Bonchev–Trinajstić information content (AvgIpc) is 2.47. The van der Waals surface area contributed by atoms with Crippen LogP contribution in [0.5, 0.6) is 0 Å². The predicted molar refractivity (Wildman–Crippen MR) is 67.7 cm³/mol. The molecule has 1 aliphatic heterocycles. The molecule has 2 heterocycles. The Morgan fingerprint density at radius 2 is 2.19 bits per heavy atom. The average molecular weight is 214 g/mol. The first-order chi connectivity index (χ1) is 7.77. The number of nitrogens with zero attached hydrogens (tertiary/aromatic N) is 1. The van der Waals surface area contributed by atoms with Gasteiger partial charge in [0, 0.05) is 30.2 Å². The van der Waals surface area contributed by atoms with Crippen LogP contribution in [0.15, 0.2) is 18.2 Å². The van der Waals surface area contributed by atoms with E-state index in [4.69, 9.17) is 0 Å². The molecule has 16 heavy (non-hydrogen) atoms. The molecular formula is C14H18N2. The zero-order chi connectivity index (χ0) is 11.1.